The van der Waals surface area contributed by atoms with Crippen molar-refractivity contribution < 1.29 is 0 Å². The minimum atomic E-state index is 0.321. The van der Waals surface area contributed by atoms with Crippen LogP contribution in [0.1, 0.15) is 40.8 Å². The maximum Gasteiger partial charge on any atom is 0.0590 e. The number of hydrogen-bond donors (Lipinski definition) is 1. The second-order valence-electron chi connectivity index (χ2n) is 4.86. The van der Waals surface area contributed by atoms with E-state index in [0.717, 1.165) is 6.54 Å². The first kappa shape index (κ1) is 13.3. The second kappa shape index (κ2) is 5.68. The third-order valence-electron chi connectivity index (χ3n) is 3.31. The summed E-state index contributed by atoms with van der Waals surface area (Å²) in [5.74, 6) is 0. The maximum absolute atomic E-state index is 3.61. The molecule has 2 aromatic rings. The molecule has 0 fully saturated rings. The van der Waals surface area contributed by atoms with Crippen molar-refractivity contribution in [3.63, 3.8) is 0 Å². The van der Waals surface area contributed by atoms with Crippen molar-refractivity contribution in [2.24, 2.45) is 0 Å². The zero-order valence-electron chi connectivity index (χ0n) is 11.6. The molecule has 1 heterocycles. The van der Waals surface area contributed by atoms with Crippen molar-refractivity contribution in [2.75, 3.05) is 6.54 Å². The molecule has 0 saturated carbocycles. The minimum absolute atomic E-state index is 0.321. The normalized spacial score (nSPS) is 12.7. The molecule has 0 bridgehead atoms. The van der Waals surface area contributed by atoms with Crippen LogP contribution in [-0.2, 0) is 0 Å². The fraction of sp³-hybridized carbons (Fsp3) is 0.375. The number of benzene rings is 1. The summed E-state index contributed by atoms with van der Waals surface area (Å²) in [6, 6.07) is 7.09. The lowest BCUT2D eigenvalue weighted by Crippen LogP contribution is -2.23. The van der Waals surface area contributed by atoms with E-state index in [9.17, 15) is 0 Å². The van der Waals surface area contributed by atoms with Gasteiger partial charge in [0, 0.05) is 0 Å². The van der Waals surface area contributed by atoms with Gasteiger partial charge in [-0.1, -0.05) is 24.6 Å². The summed E-state index contributed by atoms with van der Waals surface area (Å²) < 4.78 is 0. The zero-order chi connectivity index (χ0) is 13.1. The molecule has 0 amide bonds. The molecule has 0 aliphatic rings. The Kier molecular flexibility index (Phi) is 4.20. The molecule has 0 aliphatic carbocycles. The van der Waals surface area contributed by atoms with E-state index in [1.165, 1.54) is 27.8 Å². The first-order chi connectivity index (χ1) is 8.63. The van der Waals surface area contributed by atoms with Crippen LogP contribution in [0.4, 0.5) is 0 Å². The molecule has 2 rings (SSSR count). The Morgan fingerprint density at radius 2 is 1.83 bits per heavy atom. The number of nitrogens with one attached hydrogen (secondary N) is 1. The van der Waals surface area contributed by atoms with Gasteiger partial charge in [0.1, 0.15) is 0 Å². The Balaban J connectivity index is 2.49. The van der Waals surface area contributed by atoms with Crippen molar-refractivity contribution in [1.29, 1.82) is 0 Å². The third-order valence-corrected chi connectivity index (χ3v) is 4.01. The summed E-state index contributed by atoms with van der Waals surface area (Å²) in [5, 5.41) is 8.00. The minimum Gasteiger partial charge on any atom is -0.306 e. The molecule has 0 saturated heterocycles. The Hall–Kier alpha value is -1.12. The van der Waals surface area contributed by atoms with Crippen LogP contribution in [0.3, 0.4) is 0 Å². The molecule has 2 heteroatoms. The van der Waals surface area contributed by atoms with Gasteiger partial charge in [-0.15, -0.1) is 0 Å². The summed E-state index contributed by atoms with van der Waals surface area (Å²) in [6.07, 6.45) is 0. The number of thiophene rings is 1. The molecule has 1 aromatic carbocycles. The van der Waals surface area contributed by atoms with Gasteiger partial charge in [-0.25, -0.2) is 0 Å². The van der Waals surface area contributed by atoms with Gasteiger partial charge in [0.05, 0.1) is 6.04 Å². The Labute approximate surface area is 114 Å². The lowest BCUT2D eigenvalue weighted by atomic mass is 9.91. The van der Waals surface area contributed by atoms with Gasteiger partial charge in [-0.3, -0.25) is 0 Å². The highest BCUT2D eigenvalue weighted by Crippen LogP contribution is 2.29. The van der Waals surface area contributed by atoms with Gasteiger partial charge in [0.2, 0.25) is 0 Å². The average Bonchev–Trinajstić information content (AvgIpc) is 2.79. The molecule has 0 spiro atoms. The van der Waals surface area contributed by atoms with Crippen LogP contribution in [0.2, 0.25) is 0 Å². The highest BCUT2D eigenvalue weighted by molar-refractivity contribution is 7.08. The first-order valence-corrected chi connectivity index (χ1v) is 7.41. The molecule has 18 heavy (non-hydrogen) atoms. The van der Waals surface area contributed by atoms with Crippen LogP contribution in [0.5, 0.6) is 0 Å². The molecular weight excluding hydrogens is 238 g/mol. The lowest BCUT2D eigenvalue weighted by molar-refractivity contribution is 0.626. The summed E-state index contributed by atoms with van der Waals surface area (Å²) in [7, 11) is 0. The van der Waals surface area contributed by atoms with Gasteiger partial charge in [-0.05, 0) is 66.4 Å². The number of rotatable bonds is 4. The lowest BCUT2D eigenvalue weighted by Gasteiger charge is -2.22. The zero-order valence-corrected chi connectivity index (χ0v) is 12.4. The molecule has 1 aromatic heterocycles. The van der Waals surface area contributed by atoms with Crippen molar-refractivity contribution in [3.8, 4) is 0 Å². The molecule has 96 valence electrons. The highest BCUT2D eigenvalue weighted by Gasteiger charge is 2.17. The van der Waals surface area contributed by atoms with Crippen LogP contribution >= 0.6 is 11.3 Å². The molecule has 0 aliphatic heterocycles. The quantitative estimate of drug-likeness (QED) is 0.859. The van der Waals surface area contributed by atoms with Gasteiger partial charge < -0.3 is 5.32 Å². The van der Waals surface area contributed by atoms with E-state index in [1.54, 1.807) is 11.3 Å². The Bertz CT molecular complexity index is 491. The maximum atomic E-state index is 3.61. The van der Waals surface area contributed by atoms with Crippen LogP contribution in [0.15, 0.2) is 29.0 Å². The van der Waals surface area contributed by atoms with Gasteiger partial charge in [-0.2, -0.15) is 11.3 Å². The molecule has 1 N–H and O–H groups in total. The van der Waals surface area contributed by atoms with E-state index in [0.29, 0.717) is 6.04 Å². The fourth-order valence-electron chi connectivity index (χ4n) is 2.68. The van der Waals surface area contributed by atoms with Crippen molar-refractivity contribution in [2.45, 2.75) is 33.7 Å². The largest absolute Gasteiger partial charge is 0.306 e. The Morgan fingerprint density at radius 1 is 1.17 bits per heavy atom. The van der Waals surface area contributed by atoms with Crippen LogP contribution < -0.4 is 5.32 Å². The van der Waals surface area contributed by atoms with E-state index in [1.807, 2.05) is 0 Å². The van der Waals surface area contributed by atoms with Crippen molar-refractivity contribution >= 4 is 11.3 Å². The topological polar surface area (TPSA) is 12.0 Å². The van der Waals surface area contributed by atoms with Gasteiger partial charge in [0.25, 0.3) is 0 Å². The summed E-state index contributed by atoms with van der Waals surface area (Å²) in [4.78, 5) is 0. The third kappa shape index (κ3) is 2.65. The van der Waals surface area contributed by atoms with Gasteiger partial charge >= 0.3 is 0 Å². The van der Waals surface area contributed by atoms with E-state index in [4.69, 9.17) is 0 Å². The number of hydrogen-bond acceptors (Lipinski definition) is 2. The standard InChI is InChI=1S/C16H21NS/c1-5-17-16(14-6-7-18-10-14)15-12(3)8-11(2)9-13(15)4/h6-10,16-17H,5H2,1-4H3. The monoisotopic (exact) mass is 259 g/mol. The predicted octanol–water partition coefficient (Wildman–Crippen LogP) is 4.37. The van der Waals surface area contributed by atoms with E-state index in [-0.39, 0.29) is 0 Å². The van der Waals surface area contributed by atoms with E-state index >= 15 is 0 Å². The van der Waals surface area contributed by atoms with Crippen molar-refractivity contribution in [3.05, 3.63) is 56.8 Å². The highest BCUT2D eigenvalue weighted by atomic mass is 32.1. The summed E-state index contributed by atoms with van der Waals surface area (Å²) in [5.41, 5.74) is 6.90. The SMILES string of the molecule is CCNC(c1ccsc1)c1c(C)cc(C)cc1C. The van der Waals surface area contributed by atoms with Crippen molar-refractivity contribution in [1.82, 2.24) is 5.32 Å². The fourth-order valence-corrected chi connectivity index (χ4v) is 3.36. The van der Waals surface area contributed by atoms with Crippen LogP contribution in [-0.4, -0.2) is 6.54 Å². The first-order valence-electron chi connectivity index (χ1n) is 6.46. The average molecular weight is 259 g/mol. The summed E-state index contributed by atoms with van der Waals surface area (Å²) in [6.45, 7) is 9.74. The van der Waals surface area contributed by atoms with E-state index in [2.05, 4.69) is 62.0 Å². The second-order valence-corrected chi connectivity index (χ2v) is 5.64. The molecule has 1 nitrogen and oxygen atoms in total. The number of aryl methyl sites for hydroxylation is 3. The van der Waals surface area contributed by atoms with Crippen LogP contribution in [0, 0.1) is 20.8 Å². The Morgan fingerprint density at radius 3 is 2.33 bits per heavy atom. The van der Waals surface area contributed by atoms with E-state index < -0.39 is 0 Å². The molecular formula is C16H21NS. The predicted molar refractivity (Wildman–Crippen MR) is 80.5 cm³/mol. The summed E-state index contributed by atoms with van der Waals surface area (Å²) >= 11 is 1.76. The molecule has 1 unspecified atom stereocenters. The van der Waals surface area contributed by atoms with Gasteiger partial charge in [0.15, 0.2) is 0 Å². The molecule has 1 atom stereocenters. The molecule has 0 radical (unpaired) electrons. The van der Waals surface area contributed by atoms with Crippen LogP contribution in [0.25, 0.3) is 0 Å². The smallest absolute Gasteiger partial charge is 0.0590 e.